The molecule has 4 heteroatoms. The number of carbonyl (C=O) groups is 1. The van der Waals surface area contributed by atoms with Gasteiger partial charge in [0.25, 0.3) is 0 Å². The zero-order chi connectivity index (χ0) is 11.1. The molecule has 0 saturated heterocycles. The highest BCUT2D eigenvalue weighted by Crippen LogP contribution is 2.34. The third kappa shape index (κ3) is 1.31. The van der Waals surface area contributed by atoms with Gasteiger partial charge in [-0.25, -0.2) is 0 Å². The summed E-state index contributed by atoms with van der Waals surface area (Å²) in [4.78, 5) is 23.0. The largest absolute Gasteiger partial charge is 0.297 e. The van der Waals surface area contributed by atoms with Crippen LogP contribution in [0, 0.1) is 0 Å². The van der Waals surface area contributed by atoms with E-state index in [4.69, 9.17) is 0 Å². The van der Waals surface area contributed by atoms with E-state index in [0.717, 1.165) is 25.8 Å². The van der Waals surface area contributed by atoms with Gasteiger partial charge in [-0.3, -0.25) is 9.59 Å². The van der Waals surface area contributed by atoms with Crippen molar-refractivity contribution < 1.29 is 4.79 Å². The molecular weight excluding hydrogens is 240 g/mol. The number of benzene rings is 1. The van der Waals surface area contributed by atoms with Crippen molar-refractivity contribution in [3.05, 3.63) is 45.4 Å². The Hall–Kier alpha value is -1.52. The van der Waals surface area contributed by atoms with Gasteiger partial charge in [-0.15, -0.1) is 22.7 Å². The van der Waals surface area contributed by atoms with Crippen molar-refractivity contribution in [3.63, 3.8) is 0 Å². The van der Waals surface area contributed by atoms with Crippen LogP contribution in [0.1, 0.15) is 9.67 Å². The zero-order valence-corrected chi connectivity index (χ0v) is 9.73. The monoisotopic (exact) mass is 246 g/mol. The van der Waals surface area contributed by atoms with E-state index in [1.54, 1.807) is 0 Å². The summed E-state index contributed by atoms with van der Waals surface area (Å²) in [5.74, 6) is 0. The molecular formula is C12H6O2S2. The van der Waals surface area contributed by atoms with Crippen molar-refractivity contribution >= 4 is 48.4 Å². The standard InChI is InChI=1S/C12H6O2S2/c13-6-7-5-9(14)12-11(15-7)8-3-1-2-4-10(8)16-12/h1-6H. The quantitative estimate of drug-likeness (QED) is 0.617. The lowest BCUT2D eigenvalue weighted by molar-refractivity contribution is 0.112. The Kier molecular flexibility index (Phi) is 2.12. The molecule has 0 aliphatic heterocycles. The Morgan fingerprint density at radius 3 is 2.69 bits per heavy atom. The third-order valence-electron chi connectivity index (χ3n) is 2.38. The molecule has 3 aromatic rings. The lowest BCUT2D eigenvalue weighted by atomic mass is 10.2. The molecule has 0 amide bonds. The van der Waals surface area contributed by atoms with Crippen LogP contribution in [0.2, 0.25) is 0 Å². The number of rotatable bonds is 1. The lowest BCUT2D eigenvalue weighted by Gasteiger charge is -1.90. The first kappa shape index (κ1) is 9.69. The summed E-state index contributed by atoms with van der Waals surface area (Å²) in [5.41, 5.74) is -0.0583. The van der Waals surface area contributed by atoms with Gasteiger partial charge in [0, 0.05) is 16.2 Å². The van der Waals surface area contributed by atoms with Gasteiger partial charge in [0.05, 0.1) is 14.3 Å². The van der Waals surface area contributed by atoms with Crippen LogP contribution >= 0.6 is 22.7 Å². The minimum absolute atomic E-state index is 0.0583. The van der Waals surface area contributed by atoms with Crippen LogP contribution in [0.25, 0.3) is 19.5 Å². The maximum atomic E-state index is 11.8. The van der Waals surface area contributed by atoms with Crippen LogP contribution in [0.5, 0.6) is 0 Å². The molecule has 3 rings (SSSR count). The van der Waals surface area contributed by atoms with Crippen LogP contribution in [0.3, 0.4) is 0 Å². The molecule has 1 aromatic carbocycles. The number of aldehydes is 1. The summed E-state index contributed by atoms with van der Waals surface area (Å²) in [6, 6.07) is 9.29. The molecule has 0 saturated carbocycles. The molecule has 0 bridgehead atoms. The van der Waals surface area contributed by atoms with Crippen LogP contribution in [0.4, 0.5) is 0 Å². The topological polar surface area (TPSA) is 34.1 Å². The molecule has 2 nitrogen and oxygen atoms in total. The summed E-state index contributed by atoms with van der Waals surface area (Å²) in [6.07, 6.45) is 0.734. The number of thiophene rings is 1. The fraction of sp³-hybridized carbons (Fsp3) is 0. The molecule has 0 aliphatic carbocycles. The van der Waals surface area contributed by atoms with Crippen molar-refractivity contribution in [2.45, 2.75) is 0 Å². The van der Waals surface area contributed by atoms with Crippen molar-refractivity contribution in [2.75, 3.05) is 0 Å². The van der Waals surface area contributed by atoms with Gasteiger partial charge in [0.1, 0.15) is 0 Å². The molecule has 0 aliphatic rings. The number of fused-ring (bicyclic) bond motifs is 3. The third-order valence-corrected chi connectivity index (χ3v) is 4.78. The van der Waals surface area contributed by atoms with Crippen molar-refractivity contribution in [1.82, 2.24) is 0 Å². The van der Waals surface area contributed by atoms with E-state index >= 15 is 0 Å². The van der Waals surface area contributed by atoms with E-state index in [1.165, 1.54) is 28.7 Å². The van der Waals surface area contributed by atoms with Gasteiger partial charge in [0.2, 0.25) is 0 Å². The molecule has 0 unspecified atom stereocenters. The number of hydrogen-bond acceptors (Lipinski definition) is 4. The van der Waals surface area contributed by atoms with E-state index in [9.17, 15) is 9.59 Å². The number of carbonyl (C=O) groups excluding carboxylic acids is 1. The van der Waals surface area contributed by atoms with Crippen molar-refractivity contribution in [3.8, 4) is 0 Å². The number of hydrogen-bond donors (Lipinski definition) is 0. The van der Waals surface area contributed by atoms with Gasteiger partial charge in [-0.1, -0.05) is 18.2 Å². The second-order valence-electron chi connectivity index (χ2n) is 3.39. The summed E-state index contributed by atoms with van der Waals surface area (Å²) in [6.45, 7) is 0. The molecule has 0 atom stereocenters. The second-order valence-corrected chi connectivity index (χ2v) is 5.52. The maximum absolute atomic E-state index is 11.8. The molecule has 16 heavy (non-hydrogen) atoms. The SMILES string of the molecule is O=Cc1cc(=O)c2sc3ccccc3c2s1. The second kappa shape index (κ2) is 3.50. The van der Waals surface area contributed by atoms with E-state index in [-0.39, 0.29) is 5.43 Å². The highest BCUT2D eigenvalue weighted by Gasteiger charge is 2.09. The summed E-state index contributed by atoms with van der Waals surface area (Å²) >= 11 is 2.87. The highest BCUT2D eigenvalue weighted by atomic mass is 32.1. The molecule has 2 aromatic heterocycles. The van der Waals surface area contributed by atoms with Gasteiger partial charge >= 0.3 is 0 Å². The molecule has 78 valence electrons. The first-order valence-electron chi connectivity index (χ1n) is 4.70. The van der Waals surface area contributed by atoms with Gasteiger partial charge in [0.15, 0.2) is 11.7 Å². The molecule has 0 radical (unpaired) electrons. The summed E-state index contributed by atoms with van der Waals surface area (Å²) in [7, 11) is 0. The van der Waals surface area contributed by atoms with E-state index in [2.05, 4.69) is 0 Å². The van der Waals surface area contributed by atoms with Gasteiger partial charge < -0.3 is 0 Å². The normalized spacial score (nSPS) is 11.0. The van der Waals surface area contributed by atoms with Crippen LogP contribution in [0.15, 0.2) is 35.1 Å². The van der Waals surface area contributed by atoms with E-state index in [1.807, 2.05) is 24.3 Å². The molecule has 0 fully saturated rings. The lowest BCUT2D eigenvalue weighted by Crippen LogP contribution is -1.96. The Labute approximate surface area is 98.8 Å². The minimum Gasteiger partial charge on any atom is -0.297 e. The molecule has 0 N–H and O–H groups in total. The van der Waals surface area contributed by atoms with Crippen molar-refractivity contribution in [1.29, 1.82) is 0 Å². The smallest absolute Gasteiger partial charge is 0.198 e. The molecule has 2 heterocycles. The van der Waals surface area contributed by atoms with Crippen LogP contribution in [-0.2, 0) is 0 Å². The van der Waals surface area contributed by atoms with Crippen LogP contribution in [-0.4, -0.2) is 6.29 Å². The fourth-order valence-electron chi connectivity index (χ4n) is 1.69. The maximum Gasteiger partial charge on any atom is 0.198 e. The van der Waals surface area contributed by atoms with E-state index < -0.39 is 0 Å². The first-order chi connectivity index (χ1) is 7.79. The minimum atomic E-state index is -0.0583. The van der Waals surface area contributed by atoms with E-state index in [0.29, 0.717) is 4.88 Å². The Morgan fingerprint density at radius 2 is 1.88 bits per heavy atom. The zero-order valence-electron chi connectivity index (χ0n) is 8.10. The Morgan fingerprint density at radius 1 is 1.06 bits per heavy atom. The summed E-state index contributed by atoms with van der Waals surface area (Å²) in [5, 5.41) is 1.06. The Bertz CT molecular complexity index is 752. The van der Waals surface area contributed by atoms with Crippen LogP contribution < -0.4 is 5.43 Å². The predicted octanol–water partition coefficient (Wildman–Crippen LogP) is 3.29. The molecule has 0 spiro atoms. The van der Waals surface area contributed by atoms with Gasteiger partial charge in [-0.2, -0.15) is 0 Å². The average Bonchev–Trinajstić information content (AvgIpc) is 2.68. The first-order valence-corrected chi connectivity index (χ1v) is 6.33. The fourth-order valence-corrected chi connectivity index (χ4v) is 3.94. The highest BCUT2D eigenvalue weighted by molar-refractivity contribution is 7.32. The van der Waals surface area contributed by atoms with Gasteiger partial charge in [-0.05, 0) is 6.07 Å². The van der Waals surface area contributed by atoms with Crippen molar-refractivity contribution in [2.24, 2.45) is 0 Å². The average molecular weight is 246 g/mol. The Balaban J connectivity index is 2.61. The summed E-state index contributed by atoms with van der Waals surface area (Å²) < 4.78 is 2.76. The predicted molar refractivity (Wildman–Crippen MR) is 68.9 cm³/mol.